The molecule has 6 nitrogen and oxygen atoms in total. The first kappa shape index (κ1) is 17.9. The van der Waals surface area contributed by atoms with Crippen LogP contribution in [0.3, 0.4) is 0 Å². The van der Waals surface area contributed by atoms with Crippen molar-refractivity contribution in [1.82, 2.24) is 19.3 Å². The summed E-state index contributed by atoms with van der Waals surface area (Å²) >= 11 is 0. The first-order valence-corrected chi connectivity index (χ1v) is 10.5. The molecule has 0 saturated carbocycles. The maximum absolute atomic E-state index is 12.7. The number of nitrogens with zero attached hydrogens (tertiary/aromatic N) is 4. The van der Waals surface area contributed by atoms with E-state index in [2.05, 4.69) is 22.4 Å². The van der Waals surface area contributed by atoms with Crippen molar-refractivity contribution in [3.63, 3.8) is 0 Å². The zero-order chi connectivity index (χ0) is 18.9. The van der Waals surface area contributed by atoms with Crippen LogP contribution in [0.25, 0.3) is 0 Å². The molecule has 4 rings (SSSR count). The number of hydrogen-bond donors (Lipinski definition) is 0. The van der Waals surface area contributed by atoms with Gasteiger partial charge in [0, 0.05) is 12.7 Å². The lowest BCUT2D eigenvalue weighted by atomic mass is 10.1. The molecule has 0 amide bonds. The summed E-state index contributed by atoms with van der Waals surface area (Å²) < 4.78 is 28.6. The molecular formula is C20H22N4O2S. The van der Waals surface area contributed by atoms with E-state index in [1.807, 2.05) is 43.5 Å². The summed E-state index contributed by atoms with van der Waals surface area (Å²) in [7, 11) is -3.42. The molecule has 1 fully saturated rings. The number of hydrogen-bond acceptors (Lipinski definition) is 4. The van der Waals surface area contributed by atoms with Crippen LogP contribution in [0.1, 0.15) is 16.8 Å². The van der Waals surface area contributed by atoms with Crippen molar-refractivity contribution in [3.8, 4) is 0 Å². The molecule has 7 heteroatoms. The molecule has 2 heterocycles. The molecule has 1 aromatic heterocycles. The molecule has 3 aromatic rings. The molecule has 140 valence electrons. The summed E-state index contributed by atoms with van der Waals surface area (Å²) in [6, 6.07) is 17.2. The van der Waals surface area contributed by atoms with Crippen molar-refractivity contribution in [2.75, 3.05) is 6.54 Å². The first-order chi connectivity index (χ1) is 13.0. The Morgan fingerprint density at radius 1 is 1.04 bits per heavy atom. The predicted octanol–water partition coefficient (Wildman–Crippen LogP) is 2.44. The van der Waals surface area contributed by atoms with Crippen LogP contribution < -0.4 is 0 Å². The average molecular weight is 382 g/mol. The van der Waals surface area contributed by atoms with E-state index in [4.69, 9.17) is 0 Å². The molecule has 0 radical (unpaired) electrons. The Morgan fingerprint density at radius 3 is 2.52 bits per heavy atom. The lowest BCUT2D eigenvalue weighted by molar-refractivity contribution is 0.517. The minimum absolute atomic E-state index is 0.0556. The Morgan fingerprint density at radius 2 is 1.78 bits per heavy atom. The number of rotatable bonds is 7. The van der Waals surface area contributed by atoms with Gasteiger partial charge in [0.2, 0.25) is 10.0 Å². The summed E-state index contributed by atoms with van der Waals surface area (Å²) in [5, 5.41) is 8.37. The standard InChI is InChI=1S/C20H22N4O2S/c1-16-7-11-20(12-8-16)27(25,26)24-15-19(24)14-23-13-18(21-22-23)10-9-17-5-3-2-4-6-17/h2-8,11-13,19H,9-10,14-15H2,1H3/t19-,24?/m1/s1. The zero-order valence-corrected chi connectivity index (χ0v) is 16.0. The molecule has 1 unspecified atom stereocenters. The fourth-order valence-corrected chi connectivity index (χ4v) is 4.70. The third-order valence-electron chi connectivity index (χ3n) is 4.79. The molecule has 2 aromatic carbocycles. The van der Waals surface area contributed by atoms with Gasteiger partial charge in [0.1, 0.15) is 0 Å². The van der Waals surface area contributed by atoms with Crippen molar-refractivity contribution in [1.29, 1.82) is 0 Å². The molecule has 2 atom stereocenters. The first-order valence-electron chi connectivity index (χ1n) is 9.04. The van der Waals surface area contributed by atoms with Crippen molar-refractivity contribution >= 4 is 10.0 Å². The molecule has 27 heavy (non-hydrogen) atoms. The van der Waals surface area contributed by atoms with E-state index in [1.54, 1.807) is 16.8 Å². The van der Waals surface area contributed by atoms with Crippen LogP contribution in [0.2, 0.25) is 0 Å². The lowest BCUT2D eigenvalue weighted by Crippen LogP contribution is -2.17. The van der Waals surface area contributed by atoms with Crippen LogP contribution in [-0.4, -0.2) is 40.3 Å². The topological polar surface area (TPSA) is 67.9 Å². The Bertz CT molecular complexity index is 1010. The Kier molecular flexibility index (Phi) is 4.80. The second-order valence-corrected chi connectivity index (χ2v) is 8.85. The van der Waals surface area contributed by atoms with Gasteiger partial charge in [0.15, 0.2) is 0 Å². The Labute approximate surface area is 159 Å². The van der Waals surface area contributed by atoms with E-state index >= 15 is 0 Å². The highest BCUT2D eigenvalue weighted by Gasteiger charge is 2.44. The molecule has 1 aliphatic rings. The smallest absolute Gasteiger partial charge is 0.243 e. The van der Waals surface area contributed by atoms with Crippen LogP contribution in [-0.2, 0) is 29.4 Å². The van der Waals surface area contributed by atoms with E-state index in [0.29, 0.717) is 18.0 Å². The fraction of sp³-hybridized carbons (Fsp3) is 0.300. The number of aryl methyl sites for hydroxylation is 3. The van der Waals surface area contributed by atoms with E-state index in [9.17, 15) is 8.42 Å². The Hall–Kier alpha value is -2.51. The predicted molar refractivity (Wildman–Crippen MR) is 103 cm³/mol. The SMILES string of the molecule is Cc1ccc(S(=O)(=O)N2C[C@H]2Cn2cc(CCc3ccccc3)nn2)cc1. The molecule has 1 aliphatic heterocycles. The van der Waals surface area contributed by atoms with Crippen molar-refractivity contribution in [2.45, 2.75) is 37.2 Å². The van der Waals surface area contributed by atoms with E-state index in [1.165, 1.54) is 9.87 Å². The second kappa shape index (κ2) is 7.25. The number of sulfonamides is 1. The van der Waals surface area contributed by atoms with E-state index in [0.717, 1.165) is 24.1 Å². The summed E-state index contributed by atoms with van der Waals surface area (Å²) in [4.78, 5) is 0.345. The van der Waals surface area contributed by atoms with Crippen LogP contribution in [0.5, 0.6) is 0 Å². The largest absolute Gasteiger partial charge is 0.251 e. The maximum atomic E-state index is 12.7. The van der Waals surface area contributed by atoms with Crippen LogP contribution in [0.4, 0.5) is 0 Å². The minimum atomic E-state index is -3.42. The molecule has 1 saturated heterocycles. The highest BCUT2D eigenvalue weighted by molar-refractivity contribution is 7.89. The summed E-state index contributed by atoms with van der Waals surface area (Å²) in [6.07, 6.45) is 3.65. The van der Waals surface area contributed by atoms with Gasteiger partial charge in [-0.05, 0) is 37.5 Å². The van der Waals surface area contributed by atoms with Gasteiger partial charge in [-0.25, -0.2) is 8.42 Å². The third-order valence-corrected chi connectivity index (χ3v) is 6.72. The van der Waals surface area contributed by atoms with Crippen molar-refractivity contribution in [3.05, 3.63) is 77.6 Å². The fourth-order valence-electron chi connectivity index (χ4n) is 3.12. The van der Waals surface area contributed by atoms with Gasteiger partial charge in [-0.3, -0.25) is 4.68 Å². The summed E-state index contributed by atoms with van der Waals surface area (Å²) in [5.74, 6) is 0. The third kappa shape index (κ3) is 4.09. The van der Waals surface area contributed by atoms with Crippen molar-refractivity contribution in [2.24, 2.45) is 0 Å². The Balaban J connectivity index is 1.34. The number of aromatic nitrogens is 3. The minimum Gasteiger partial charge on any atom is -0.251 e. The van der Waals surface area contributed by atoms with Crippen LogP contribution >= 0.6 is 0 Å². The number of benzene rings is 2. The van der Waals surface area contributed by atoms with E-state index in [-0.39, 0.29) is 6.04 Å². The monoisotopic (exact) mass is 382 g/mol. The van der Waals surface area contributed by atoms with E-state index < -0.39 is 10.0 Å². The second-order valence-electron chi connectivity index (χ2n) is 6.96. The summed E-state index contributed by atoms with van der Waals surface area (Å²) in [5.41, 5.74) is 3.24. The highest BCUT2D eigenvalue weighted by Crippen LogP contribution is 2.29. The summed E-state index contributed by atoms with van der Waals surface area (Å²) in [6.45, 7) is 3.00. The highest BCUT2D eigenvalue weighted by atomic mass is 32.2. The molecule has 0 spiro atoms. The van der Waals surface area contributed by atoms with Gasteiger partial charge in [0.05, 0.1) is 23.2 Å². The quantitative estimate of drug-likeness (QED) is 0.589. The van der Waals surface area contributed by atoms with Gasteiger partial charge < -0.3 is 0 Å². The van der Waals surface area contributed by atoms with Crippen LogP contribution in [0.15, 0.2) is 65.7 Å². The molecular weight excluding hydrogens is 360 g/mol. The van der Waals surface area contributed by atoms with Gasteiger partial charge in [-0.2, -0.15) is 4.31 Å². The molecule has 0 N–H and O–H groups in total. The average Bonchev–Trinajstić information content (AvgIpc) is 3.31. The van der Waals surface area contributed by atoms with Gasteiger partial charge in [0.25, 0.3) is 0 Å². The van der Waals surface area contributed by atoms with Gasteiger partial charge in [-0.1, -0.05) is 53.2 Å². The lowest BCUT2D eigenvalue weighted by Gasteiger charge is -2.06. The van der Waals surface area contributed by atoms with Crippen molar-refractivity contribution < 1.29 is 8.42 Å². The molecule has 0 aliphatic carbocycles. The van der Waals surface area contributed by atoms with Crippen LogP contribution in [0, 0.1) is 6.92 Å². The molecule has 0 bridgehead atoms. The van der Waals surface area contributed by atoms with Gasteiger partial charge in [-0.15, -0.1) is 5.10 Å². The normalized spacial score (nSPS) is 19.1. The zero-order valence-electron chi connectivity index (χ0n) is 15.2. The maximum Gasteiger partial charge on any atom is 0.243 e. The van der Waals surface area contributed by atoms with Gasteiger partial charge >= 0.3 is 0 Å².